The van der Waals surface area contributed by atoms with E-state index in [1.54, 1.807) is 0 Å². The zero-order valence-corrected chi connectivity index (χ0v) is 65.0. The van der Waals surface area contributed by atoms with Crippen molar-refractivity contribution in [2.75, 3.05) is 39.6 Å². The Morgan fingerprint density at radius 3 is 0.853 bits per heavy atom. The van der Waals surface area contributed by atoms with Crippen molar-refractivity contribution < 1.29 is 80.2 Å². The standard InChI is InChI=1S/C83H136O17P2/c1-5-9-13-17-21-25-29-32-35-37-38-40-43-45-49-52-56-60-64-68-81(86)94-74-79(100-83(88)70-66-62-58-54-50-46-41-34-31-27-23-19-15-11-7-3)76-98-102(91,92)96-72-77(84)71-95-101(89,90)97-75-78(99-82(87)69-65-61-57-53-47-28-24-20-16-12-8-4)73-93-80(85)67-63-59-55-51-48-44-42-39-36-33-30-26-22-18-14-10-6-2/h9-11,13-15,20-27,32-36,38,40-41,45,49,56,60,77-79,84H,5-8,12,16-19,28-31,37,39,42-44,46-48,50-55,57-59,61-76H2,1-4H3,(H,89,90)(H,91,92)/b13-9-,14-10-,15-11-,24-20-,25-21-,26-22-,27-23-,35-32-,36-33-,40-38-,41-34-,49-45-,60-56-. The van der Waals surface area contributed by atoms with E-state index < -0.39 is 97.5 Å². The van der Waals surface area contributed by atoms with Crippen molar-refractivity contribution in [2.24, 2.45) is 0 Å². The molecule has 0 bridgehead atoms. The van der Waals surface area contributed by atoms with E-state index >= 15 is 0 Å². The van der Waals surface area contributed by atoms with Gasteiger partial charge in [-0.25, -0.2) is 9.13 Å². The number of phosphoric ester groups is 2. The van der Waals surface area contributed by atoms with Crippen molar-refractivity contribution >= 4 is 39.5 Å². The molecule has 17 nitrogen and oxygen atoms in total. The van der Waals surface area contributed by atoms with Crippen LogP contribution in [0.25, 0.3) is 0 Å². The quantitative estimate of drug-likeness (QED) is 0.0169. The topological polar surface area (TPSA) is 237 Å². The molecule has 0 amide bonds. The molecule has 0 radical (unpaired) electrons. The lowest BCUT2D eigenvalue weighted by atomic mass is 10.1. The van der Waals surface area contributed by atoms with Gasteiger partial charge in [-0.2, -0.15) is 0 Å². The smallest absolute Gasteiger partial charge is 0.462 e. The zero-order chi connectivity index (χ0) is 74.6. The third-order valence-corrected chi connectivity index (χ3v) is 17.4. The predicted octanol–water partition coefficient (Wildman–Crippen LogP) is 22.4. The molecule has 0 saturated heterocycles. The van der Waals surface area contributed by atoms with Gasteiger partial charge in [0.05, 0.1) is 26.4 Å². The summed E-state index contributed by atoms with van der Waals surface area (Å²) in [6.07, 6.45) is 85.4. The van der Waals surface area contributed by atoms with Gasteiger partial charge in [0.25, 0.3) is 0 Å². The number of esters is 4. The van der Waals surface area contributed by atoms with E-state index in [4.69, 9.17) is 37.0 Å². The highest BCUT2D eigenvalue weighted by molar-refractivity contribution is 7.47. The first-order chi connectivity index (χ1) is 49.7. The van der Waals surface area contributed by atoms with Crippen LogP contribution in [0.1, 0.15) is 285 Å². The first kappa shape index (κ1) is 96.7. The fourth-order valence-electron chi connectivity index (χ4n) is 9.67. The van der Waals surface area contributed by atoms with Crippen LogP contribution in [0.15, 0.2) is 158 Å². The average molecular weight is 1470 g/mol. The summed E-state index contributed by atoms with van der Waals surface area (Å²) >= 11 is 0. The number of unbranched alkanes of at least 4 members (excludes halogenated alkanes) is 19. The Labute approximate surface area is 617 Å². The lowest BCUT2D eigenvalue weighted by Crippen LogP contribution is -2.30. The number of aliphatic hydroxyl groups excluding tert-OH is 1. The number of aliphatic hydroxyl groups is 1. The van der Waals surface area contributed by atoms with Crippen LogP contribution >= 0.6 is 15.6 Å². The maximum atomic E-state index is 13.1. The molecule has 3 N–H and O–H groups in total. The van der Waals surface area contributed by atoms with Crippen LogP contribution in [-0.4, -0.2) is 96.7 Å². The van der Waals surface area contributed by atoms with Crippen LogP contribution in [0, 0.1) is 0 Å². The molecule has 0 saturated carbocycles. The Morgan fingerprint density at radius 1 is 0.284 bits per heavy atom. The summed E-state index contributed by atoms with van der Waals surface area (Å²) in [5.74, 6) is -2.32. The molecule has 0 aromatic rings. The second kappa shape index (κ2) is 74.0. The van der Waals surface area contributed by atoms with Crippen LogP contribution in [0.2, 0.25) is 0 Å². The first-order valence-electron chi connectivity index (χ1n) is 38.7. The molecule has 0 aromatic carbocycles. The van der Waals surface area contributed by atoms with E-state index in [0.29, 0.717) is 32.1 Å². The maximum Gasteiger partial charge on any atom is 0.472 e. The second-order valence-corrected chi connectivity index (χ2v) is 28.1. The van der Waals surface area contributed by atoms with Crippen LogP contribution < -0.4 is 0 Å². The highest BCUT2D eigenvalue weighted by atomic mass is 31.2. The minimum absolute atomic E-state index is 0.0272. The summed E-state index contributed by atoms with van der Waals surface area (Å²) in [7, 11) is -9.99. The van der Waals surface area contributed by atoms with Crippen molar-refractivity contribution in [1.29, 1.82) is 0 Å². The molecule has 5 unspecified atom stereocenters. The summed E-state index contributed by atoms with van der Waals surface area (Å²) in [5, 5.41) is 10.6. The highest BCUT2D eigenvalue weighted by Crippen LogP contribution is 2.45. The van der Waals surface area contributed by atoms with E-state index in [1.165, 1.54) is 12.8 Å². The van der Waals surface area contributed by atoms with Crippen molar-refractivity contribution in [3.63, 3.8) is 0 Å². The predicted molar refractivity (Wildman–Crippen MR) is 417 cm³/mol. The van der Waals surface area contributed by atoms with Gasteiger partial charge in [-0.15, -0.1) is 0 Å². The molecule has 0 rings (SSSR count). The van der Waals surface area contributed by atoms with Gasteiger partial charge in [-0.05, 0) is 148 Å². The Hall–Kier alpha value is -5.32. The molecule has 0 spiro atoms. The minimum atomic E-state index is -5.00. The molecule has 19 heteroatoms. The summed E-state index contributed by atoms with van der Waals surface area (Å²) in [5.41, 5.74) is 0. The van der Waals surface area contributed by atoms with E-state index in [-0.39, 0.29) is 25.7 Å². The summed E-state index contributed by atoms with van der Waals surface area (Å²) < 4.78 is 68.4. The monoisotopic (exact) mass is 1470 g/mol. The van der Waals surface area contributed by atoms with Gasteiger partial charge in [0.2, 0.25) is 0 Å². The number of rotatable bonds is 71. The third-order valence-electron chi connectivity index (χ3n) is 15.5. The minimum Gasteiger partial charge on any atom is -0.462 e. The van der Waals surface area contributed by atoms with Gasteiger partial charge in [-0.1, -0.05) is 269 Å². The Kier molecular flexibility index (Phi) is 70.1. The van der Waals surface area contributed by atoms with Crippen LogP contribution in [0.4, 0.5) is 0 Å². The Morgan fingerprint density at radius 2 is 0.529 bits per heavy atom. The maximum absolute atomic E-state index is 13.1. The van der Waals surface area contributed by atoms with Crippen molar-refractivity contribution in [3.8, 4) is 0 Å². The number of hydrogen-bond donors (Lipinski definition) is 3. The van der Waals surface area contributed by atoms with Gasteiger partial charge >= 0.3 is 39.5 Å². The van der Waals surface area contributed by atoms with Crippen LogP contribution in [0.3, 0.4) is 0 Å². The van der Waals surface area contributed by atoms with Crippen molar-refractivity contribution in [2.45, 2.75) is 303 Å². The number of carbonyl (C=O) groups excluding carboxylic acids is 4. The number of phosphoric acid groups is 2. The molecule has 0 fully saturated rings. The third kappa shape index (κ3) is 73.0. The molecule has 5 atom stereocenters. The Balaban J connectivity index is 5.42. The molecular formula is C83H136O17P2. The number of ether oxygens (including phenoxy) is 4. The molecule has 0 heterocycles. The highest BCUT2D eigenvalue weighted by Gasteiger charge is 2.30. The summed E-state index contributed by atoms with van der Waals surface area (Å²) in [6.45, 7) is 4.35. The largest absolute Gasteiger partial charge is 0.472 e. The zero-order valence-electron chi connectivity index (χ0n) is 63.2. The van der Waals surface area contributed by atoms with Gasteiger partial charge in [0.15, 0.2) is 12.2 Å². The fourth-order valence-corrected chi connectivity index (χ4v) is 11.2. The molecule has 102 heavy (non-hydrogen) atoms. The van der Waals surface area contributed by atoms with Crippen molar-refractivity contribution in [1.82, 2.24) is 0 Å². The van der Waals surface area contributed by atoms with E-state index in [0.717, 1.165) is 186 Å². The SMILES string of the molecule is CC/C=C\C/C=C\C/C=C\C/C=C\C/C=C\C/C=C\CCC(=O)OCC(COP(=O)(O)OCC(O)COP(=O)(O)OCC(COC(=O)CCCCCCCCC/C=C\C/C=C\C/C=C\CC)OC(=O)CCCCCCC/C=C\CCCC)OC(=O)CCCCCCC/C=C\C/C=C\C/C=C\CC. The Bertz CT molecular complexity index is 2550. The van der Waals surface area contributed by atoms with E-state index in [2.05, 4.69) is 167 Å². The molecule has 0 aromatic heterocycles. The lowest BCUT2D eigenvalue weighted by molar-refractivity contribution is -0.161. The summed E-state index contributed by atoms with van der Waals surface area (Å²) in [6, 6.07) is 0. The van der Waals surface area contributed by atoms with Crippen molar-refractivity contribution in [3.05, 3.63) is 158 Å². The molecule has 0 aliphatic carbocycles. The molecule has 0 aliphatic rings. The van der Waals surface area contributed by atoms with Gasteiger partial charge in [0.1, 0.15) is 19.3 Å². The normalized spacial score (nSPS) is 14.8. The van der Waals surface area contributed by atoms with Gasteiger partial charge in [0, 0.05) is 25.7 Å². The molecule has 0 aliphatic heterocycles. The molecule has 580 valence electrons. The molecular weight excluding hydrogens is 1330 g/mol. The van der Waals surface area contributed by atoms with Gasteiger partial charge < -0.3 is 33.8 Å². The van der Waals surface area contributed by atoms with Crippen LogP contribution in [-0.2, 0) is 65.4 Å². The fraction of sp³-hybridized carbons (Fsp3) is 0.639. The van der Waals surface area contributed by atoms with E-state index in [1.807, 2.05) is 18.2 Å². The number of hydrogen-bond acceptors (Lipinski definition) is 15. The van der Waals surface area contributed by atoms with Crippen LogP contribution in [0.5, 0.6) is 0 Å². The number of allylic oxidation sites excluding steroid dienone is 26. The average Bonchev–Trinajstić information content (AvgIpc) is 0.939. The van der Waals surface area contributed by atoms with Gasteiger partial charge in [-0.3, -0.25) is 37.3 Å². The first-order valence-corrected chi connectivity index (χ1v) is 41.7. The summed E-state index contributed by atoms with van der Waals surface area (Å²) in [4.78, 5) is 72.9. The lowest BCUT2D eigenvalue weighted by Gasteiger charge is -2.21. The number of carbonyl (C=O) groups is 4. The van der Waals surface area contributed by atoms with E-state index in [9.17, 15) is 43.2 Å². The second-order valence-electron chi connectivity index (χ2n) is 25.1.